The van der Waals surface area contributed by atoms with Crippen LogP contribution in [-0.4, -0.2) is 66.8 Å². The highest BCUT2D eigenvalue weighted by molar-refractivity contribution is 7.79. The summed E-state index contributed by atoms with van der Waals surface area (Å²) in [5, 5.41) is 0. The normalized spacial score (nSPS) is 11.9. The Bertz CT molecular complexity index is 406. The third-order valence-electron chi connectivity index (χ3n) is 6.63. The Morgan fingerprint density at radius 1 is 0.484 bits per heavy atom. The summed E-state index contributed by atoms with van der Waals surface area (Å²) < 4.78 is 34.1. The third-order valence-corrected chi connectivity index (χ3v) is 17.1. The lowest BCUT2D eigenvalue weighted by molar-refractivity contribution is 0.352. The second-order valence-corrected chi connectivity index (χ2v) is 19.2. The first-order valence-electron chi connectivity index (χ1n) is 12.9. The smallest absolute Gasteiger partial charge is 0.0594 e. The van der Waals surface area contributed by atoms with Gasteiger partial charge in [0.2, 0.25) is 0 Å². The van der Waals surface area contributed by atoms with Gasteiger partial charge < -0.3 is 9.11 Å². The van der Waals surface area contributed by atoms with Crippen LogP contribution in [0.25, 0.3) is 0 Å². The standard InChI is InChI=1S/2C12H28P.H2O4S/c2*1-5-9-11-13(7-3,8-4)12-10-6-2;1-5(2,3)4/h2*5-12H2,1-4H3;(H2,1,2,3,4)/q2*+1;/p-2. The van der Waals surface area contributed by atoms with Gasteiger partial charge in [0, 0.05) is 24.9 Å². The van der Waals surface area contributed by atoms with Crippen LogP contribution >= 0.6 is 14.5 Å². The second-order valence-electron chi connectivity index (χ2n) is 8.67. The molecule has 0 aliphatic rings. The SMILES string of the molecule is CCCC[P+](CC)(CC)CCCC.CCCC[P+](CC)(CC)CCCC.O=S(=O)([O-])[O-]. The van der Waals surface area contributed by atoms with E-state index in [1.165, 1.54) is 76.0 Å². The van der Waals surface area contributed by atoms with E-state index >= 15 is 0 Å². The molecule has 0 radical (unpaired) electrons. The van der Waals surface area contributed by atoms with E-state index in [-0.39, 0.29) is 0 Å². The number of hydrogen-bond acceptors (Lipinski definition) is 4. The van der Waals surface area contributed by atoms with Gasteiger partial charge in [-0.3, -0.25) is 8.42 Å². The first kappa shape index (κ1) is 36.3. The van der Waals surface area contributed by atoms with Crippen molar-refractivity contribution in [3.63, 3.8) is 0 Å². The van der Waals surface area contributed by atoms with Crippen molar-refractivity contribution in [2.45, 2.75) is 107 Å². The molecule has 0 fully saturated rings. The van der Waals surface area contributed by atoms with E-state index in [9.17, 15) is 0 Å². The average Bonchev–Trinajstić information content (AvgIpc) is 2.74. The van der Waals surface area contributed by atoms with Gasteiger partial charge in [0.1, 0.15) is 0 Å². The van der Waals surface area contributed by atoms with Crippen molar-refractivity contribution in [2.24, 2.45) is 0 Å². The zero-order valence-electron chi connectivity index (χ0n) is 22.2. The van der Waals surface area contributed by atoms with Crippen molar-refractivity contribution in [1.29, 1.82) is 0 Å². The molecule has 0 saturated heterocycles. The summed E-state index contributed by atoms with van der Waals surface area (Å²) in [5.74, 6) is 0. The van der Waals surface area contributed by atoms with E-state index in [4.69, 9.17) is 17.5 Å². The highest BCUT2D eigenvalue weighted by Crippen LogP contribution is 2.60. The molecule has 0 aliphatic heterocycles. The van der Waals surface area contributed by atoms with E-state index in [1.54, 1.807) is 24.6 Å². The first-order valence-corrected chi connectivity index (χ1v) is 19.2. The Labute approximate surface area is 198 Å². The zero-order valence-corrected chi connectivity index (χ0v) is 24.9. The van der Waals surface area contributed by atoms with Gasteiger partial charge in [-0.1, -0.05) is 53.4 Å². The summed E-state index contributed by atoms with van der Waals surface area (Å²) >= 11 is 0. The molecular formula is C24H56O4P2S. The number of hydrogen-bond donors (Lipinski definition) is 0. The lowest BCUT2D eigenvalue weighted by Crippen LogP contribution is -2.09. The first-order chi connectivity index (χ1) is 14.5. The summed E-state index contributed by atoms with van der Waals surface area (Å²) in [5.41, 5.74) is 0. The maximum absolute atomic E-state index is 8.52. The Hall–Kier alpha value is 0.730. The van der Waals surface area contributed by atoms with Crippen molar-refractivity contribution in [2.75, 3.05) is 49.3 Å². The van der Waals surface area contributed by atoms with Crippen LogP contribution in [-0.2, 0) is 10.4 Å². The molecule has 0 unspecified atom stereocenters. The molecule has 7 heteroatoms. The molecule has 0 amide bonds. The van der Waals surface area contributed by atoms with Crippen LogP contribution in [0.1, 0.15) is 107 Å². The maximum atomic E-state index is 8.52. The summed E-state index contributed by atoms with van der Waals surface area (Å²) in [6.07, 6.45) is 23.6. The van der Waals surface area contributed by atoms with E-state index in [0.29, 0.717) is 0 Å². The lowest BCUT2D eigenvalue weighted by atomic mass is 10.4. The molecule has 192 valence electrons. The number of unbranched alkanes of at least 4 members (excludes halogenated alkanes) is 4. The molecule has 0 aromatic carbocycles. The maximum Gasteiger partial charge on any atom is 0.0594 e. The summed E-state index contributed by atoms with van der Waals surface area (Å²) in [6.45, 7) is 19.0. The highest BCUT2D eigenvalue weighted by Gasteiger charge is 2.32. The van der Waals surface area contributed by atoms with Crippen LogP contribution < -0.4 is 0 Å². The highest BCUT2D eigenvalue weighted by atomic mass is 32.3. The summed E-state index contributed by atoms with van der Waals surface area (Å²) in [4.78, 5) is 0. The van der Waals surface area contributed by atoms with E-state index < -0.39 is 24.9 Å². The van der Waals surface area contributed by atoms with Gasteiger partial charge >= 0.3 is 0 Å². The lowest BCUT2D eigenvalue weighted by Gasteiger charge is -2.24. The van der Waals surface area contributed by atoms with Crippen molar-refractivity contribution in [3.8, 4) is 0 Å². The van der Waals surface area contributed by atoms with Crippen LogP contribution in [0.2, 0.25) is 0 Å². The molecule has 0 saturated carbocycles. The van der Waals surface area contributed by atoms with Gasteiger partial charge in [0.05, 0.1) is 49.3 Å². The molecular weight excluding hydrogens is 446 g/mol. The van der Waals surface area contributed by atoms with Gasteiger partial charge in [-0.2, -0.15) is 0 Å². The van der Waals surface area contributed by atoms with E-state index in [1.807, 2.05) is 0 Å². The molecule has 0 aromatic heterocycles. The third kappa shape index (κ3) is 23.7. The fraction of sp³-hybridized carbons (Fsp3) is 1.00. The van der Waals surface area contributed by atoms with Gasteiger partial charge in [0.25, 0.3) is 0 Å². The molecule has 31 heavy (non-hydrogen) atoms. The fourth-order valence-corrected chi connectivity index (χ4v) is 11.7. The van der Waals surface area contributed by atoms with Crippen LogP contribution in [0.15, 0.2) is 0 Å². The second kappa shape index (κ2) is 22.5. The Morgan fingerprint density at radius 3 is 0.742 bits per heavy atom. The van der Waals surface area contributed by atoms with Gasteiger partial charge in [-0.15, -0.1) is 0 Å². The predicted octanol–water partition coefficient (Wildman–Crippen LogP) is 7.95. The molecule has 0 bridgehead atoms. The van der Waals surface area contributed by atoms with Gasteiger partial charge in [-0.25, -0.2) is 0 Å². The monoisotopic (exact) mass is 502 g/mol. The molecule has 4 nitrogen and oxygen atoms in total. The Balaban J connectivity index is -0.000000416. The topological polar surface area (TPSA) is 80.3 Å². The Kier molecular flexibility index (Phi) is 26.4. The molecule has 0 aromatic rings. The van der Waals surface area contributed by atoms with Gasteiger partial charge in [-0.05, 0) is 53.4 Å². The predicted molar refractivity (Wildman–Crippen MR) is 146 cm³/mol. The molecule has 0 N–H and O–H groups in total. The molecule has 0 atom stereocenters. The largest absolute Gasteiger partial charge is 0.759 e. The van der Waals surface area contributed by atoms with E-state index in [0.717, 1.165) is 0 Å². The fourth-order valence-electron chi connectivity index (χ4n) is 3.91. The van der Waals surface area contributed by atoms with Crippen LogP contribution in [0.3, 0.4) is 0 Å². The molecule has 0 aliphatic carbocycles. The van der Waals surface area contributed by atoms with Crippen molar-refractivity contribution in [3.05, 3.63) is 0 Å². The summed E-state index contributed by atoms with van der Waals surface area (Å²) in [6, 6.07) is 0. The van der Waals surface area contributed by atoms with E-state index in [2.05, 4.69) is 55.4 Å². The number of rotatable bonds is 16. The van der Waals surface area contributed by atoms with Crippen molar-refractivity contribution >= 4 is 24.9 Å². The van der Waals surface area contributed by atoms with Crippen LogP contribution in [0.5, 0.6) is 0 Å². The minimum absolute atomic E-state index is 0.491. The van der Waals surface area contributed by atoms with Crippen molar-refractivity contribution < 1.29 is 17.5 Å². The van der Waals surface area contributed by atoms with Crippen LogP contribution in [0, 0.1) is 0 Å². The molecule has 0 heterocycles. The Morgan fingerprint density at radius 2 is 0.645 bits per heavy atom. The van der Waals surface area contributed by atoms with Crippen molar-refractivity contribution in [1.82, 2.24) is 0 Å². The summed E-state index contributed by atoms with van der Waals surface area (Å²) in [7, 11) is -6.15. The molecule has 0 rings (SSSR count). The quantitative estimate of drug-likeness (QED) is 0.122. The minimum atomic E-state index is -5.17. The minimum Gasteiger partial charge on any atom is -0.759 e. The zero-order chi connectivity index (χ0) is 24.8. The van der Waals surface area contributed by atoms with Gasteiger partial charge in [0.15, 0.2) is 0 Å². The molecule has 0 spiro atoms. The average molecular weight is 503 g/mol. The van der Waals surface area contributed by atoms with Crippen LogP contribution in [0.4, 0.5) is 0 Å².